The molecule has 1 aliphatic heterocycles. The van der Waals surface area contributed by atoms with Gasteiger partial charge in [0.25, 0.3) is 0 Å². The van der Waals surface area contributed by atoms with Gasteiger partial charge in [0.1, 0.15) is 6.04 Å². The van der Waals surface area contributed by atoms with Crippen LogP contribution in [0.1, 0.15) is 22.9 Å². The highest BCUT2D eigenvalue weighted by Gasteiger charge is 2.29. The summed E-state index contributed by atoms with van der Waals surface area (Å²) < 4.78 is 0. The van der Waals surface area contributed by atoms with Crippen LogP contribution in [0.3, 0.4) is 0 Å². The molecule has 1 unspecified atom stereocenters. The van der Waals surface area contributed by atoms with Crippen LogP contribution >= 0.6 is 0 Å². The molecule has 5 heteroatoms. The Labute approximate surface area is 105 Å². The van der Waals surface area contributed by atoms with E-state index in [2.05, 4.69) is 20.8 Å². The Kier molecular flexibility index (Phi) is 2.60. The normalized spacial score (nSPS) is 17.6. The molecule has 0 fully saturated rings. The van der Waals surface area contributed by atoms with Crippen molar-refractivity contribution in [2.75, 3.05) is 5.32 Å². The van der Waals surface area contributed by atoms with Crippen molar-refractivity contribution in [2.24, 2.45) is 0 Å². The van der Waals surface area contributed by atoms with E-state index in [0.29, 0.717) is 6.54 Å². The molecule has 2 aromatic rings. The lowest BCUT2D eigenvalue weighted by molar-refractivity contribution is -0.117. The Morgan fingerprint density at radius 3 is 3.00 bits per heavy atom. The highest BCUT2D eigenvalue weighted by atomic mass is 16.2. The van der Waals surface area contributed by atoms with Gasteiger partial charge in [-0.05, 0) is 13.0 Å². The van der Waals surface area contributed by atoms with E-state index in [0.717, 1.165) is 22.5 Å². The monoisotopic (exact) mass is 242 g/mol. The zero-order valence-corrected chi connectivity index (χ0v) is 10.0. The molecule has 0 bridgehead atoms. The molecule has 3 N–H and O–H groups in total. The van der Waals surface area contributed by atoms with Crippen LogP contribution in [0.25, 0.3) is 0 Å². The zero-order valence-electron chi connectivity index (χ0n) is 10.0. The highest BCUT2D eigenvalue weighted by Crippen LogP contribution is 2.30. The van der Waals surface area contributed by atoms with E-state index >= 15 is 0 Å². The van der Waals surface area contributed by atoms with Crippen molar-refractivity contribution < 1.29 is 4.79 Å². The largest absolute Gasteiger partial charge is 0.324 e. The van der Waals surface area contributed by atoms with Gasteiger partial charge in [-0.3, -0.25) is 15.2 Å². The quantitative estimate of drug-likeness (QED) is 0.764. The minimum atomic E-state index is -0.282. The second-order valence-corrected chi connectivity index (χ2v) is 4.41. The summed E-state index contributed by atoms with van der Waals surface area (Å²) in [7, 11) is 0. The summed E-state index contributed by atoms with van der Waals surface area (Å²) in [6.45, 7) is 2.58. The molecule has 2 heterocycles. The number of aryl methyl sites for hydroxylation is 1. The summed E-state index contributed by atoms with van der Waals surface area (Å²) in [6, 6.07) is 7.46. The number of H-pyrrole nitrogens is 1. The molecule has 1 aromatic carbocycles. The number of hydrogen-bond donors (Lipinski definition) is 3. The van der Waals surface area contributed by atoms with Crippen LogP contribution in [0.2, 0.25) is 0 Å². The van der Waals surface area contributed by atoms with E-state index in [1.165, 1.54) is 0 Å². The first-order valence-corrected chi connectivity index (χ1v) is 5.88. The first-order valence-electron chi connectivity index (χ1n) is 5.88. The molecule has 1 aromatic heterocycles. The smallest absolute Gasteiger partial charge is 0.246 e. The van der Waals surface area contributed by atoms with Crippen LogP contribution in [0.4, 0.5) is 5.69 Å². The number of carbonyl (C=O) groups is 1. The summed E-state index contributed by atoms with van der Waals surface area (Å²) in [4.78, 5) is 11.9. The number of para-hydroxylation sites is 1. The van der Waals surface area contributed by atoms with Crippen molar-refractivity contribution in [3.05, 3.63) is 47.3 Å². The van der Waals surface area contributed by atoms with Gasteiger partial charge in [-0.25, -0.2) is 0 Å². The maximum absolute atomic E-state index is 11.9. The van der Waals surface area contributed by atoms with Crippen molar-refractivity contribution in [1.29, 1.82) is 0 Å². The second kappa shape index (κ2) is 4.27. The van der Waals surface area contributed by atoms with E-state index in [4.69, 9.17) is 0 Å². The summed E-state index contributed by atoms with van der Waals surface area (Å²) in [5.41, 5.74) is 3.99. The van der Waals surface area contributed by atoms with Crippen LogP contribution in [0.15, 0.2) is 30.5 Å². The molecule has 92 valence electrons. The Morgan fingerprint density at radius 1 is 1.39 bits per heavy atom. The minimum Gasteiger partial charge on any atom is -0.324 e. The van der Waals surface area contributed by atoms with E-state index in [1.807, 2.05) is 31.2 Å². The Bertz CT molecular complexity index is 590. The third-order valence-electron chi connectivity index (χ3n) is 3.22. The van der Waals surface area contributed by atoms with Gasteiger partial charge in [0.05, 0.1) is 6.20 Å². The molecule has 3 rings (SSSR count). The Morgan fingerprint density at radius 2 is 2.22 bits per heavy atom. The topological polar surface area (TPSA) is 69.8 Å². The lowest BCUT2D eigenvalue weighted by Crippen LogP contribution is -2.27. The molecule has 0 aliphatic carbocycles. The molecular formula is C13H14N4O. The number of nitrogens with zero attached hydrogens (tertiary/aromatic N) is 1. The standard InChI is InChI=1S/C13H14N4O/c1-8-9(7-15-17-8)6-14-12-10-4-2-3-5-11(10)16-13(12)18/h2-5,7,12,14H,6H2,1H3,(H,15,17)(H,16,18). The average Bonchev–Trinajstić information content (AvgIpc) is 2.90. The van der Waals surface area contributed by atoms with Crippen molar-refractivity contribution in [3.8, 4) is 0 Å². The van der Waals surface area contributed by atoms with E-state index in [9.17, 15) is 4.79 Å². The first kappa shape index (κ1) is 11.0. The molecule has 0 saturated heterocycles. The van der Waals surface area contributed by atoms with Crippen LogP contribution in [0.5, 0.6) is 0 Å². The number of aromatic amines is 1. The number of fused-ring (bicyclic) bond motifs is 1. The number of nitrogens with one attached hydrogen (secondary N) is 3. The summed E-state index contributed by atoms with van der Waals surface area (Å²) in [5, 5.41) is 13.0. The second-order valence-electron chi connectivity index (χ2n) is 4.41. The molecule has 0 spiro atoms. The fourth-order valence-electron chi connectivity index (χ4n) is 2.18. The maximum Gasteiger partial charge on any atom is 0.246 e. The SMILES string of the molecule is Cc1[nH]ncc1CNC1C(=O)Nc2ccccc21. The number of benzene rings is 1. The number of aromatic nitrogens is 2. The first-order chi connectivity index (χ1) is 8.75. The molecule has 5 nitrogen and oxygen atoms in total. The number of anilines is 1. The maximum atomic E-state index is 11.9. The summed E-state index contributed by atoms with van der Waals surface area (Å²) in [5.74, 6) is -0.00246. The van der Waals surface area contributed by atoms with Gasteiger partial charge < -0.3 is 5.32 Å². The lowest BCUT2D eigenvalue weighted by atomic mass is 10.1. The van der Waals surface area contributed by atoms with Gasteiger partial charge in [0.15, 0.2) is 0 Å². The zero-order chi connectivity index (χ0) is 12.5. The summed E-state index contributed by atoms with van der Waals surface area (Å²) in [6.07, 6.45) is 1.78. The molecule has 0 saturated carbocycles. The molecule has 18 heavy (non-hydrogen) atoms. The highest BCUT2D eigenvalue weighted by molar-refractivity contribution is 6.02. The van der Waals surface area contributed by atoms with Gasteiger partial charge in [-0.15, -0.1) is 0 Å². The number of carbonyl (C=O) groups excluding carboxylic acids is 1. The van der Waals surface area contributed by atoms with Crippen molar-refractivity contribution in [3.63, 3.8) is 0 Å². The Balaban J connectivity index is 1.77. The predicted molar refractivity (Wildman–Crippen MR) is 68.0 cm³/mol. The van der Waals surface area contributed by atoms with Gasteiger partial charge in [0.2, 0.25) is 5.91 Å². The van der Waals surface area contributed by atoms with Crippen LogP contribution in [-0.4, -0.2) is 16.1 Å². The van der Waals surface area contributed by atoms with E-state index < -0.39 is 0 Å². The van der Waals surface area contributed by atoms with Crippen molar-refractivity contribution in [2.45, 2.75) is 19.5 Å². The fourth-order valence-corrected chi connectivity index (χ4v) is 2.18. The Hall–Kier alpha value is -2.14. The van der Waals surface area contributed by atoms with Crippen LogP contribution in [0, 0.1) is 6.92 Å². The molecule has 1 aliphatic rings. The number of rotatable bonds is 3. The van der Waals surface area contributed by atoms with Crippen LogP contribution < -0.4 is 10.6 Å². The van der Waals surface area contributed by atoms with Crippen LogP contribution in [-0.2, 0) is 11.3 Å². The molecular weight excluding hydrogens is 228 g/mol. The molecule has 1 amide bonds. The van der Waals surface area contributed by atoms with Crippen molar-refractivity contribution >= 4 is 11.6 Å². The van der Waals surface area contributed by atoms with Crippen molar-refractivity contribution in [1.82, 2.24) is 15.5 Å². The van der Waals surface area contributed by atoms with Gasteiger partial charge in [0, 0.05) is 29.1 Å². The molecule has 0 radical (unpaired) electrons. The number of amides is 1. The third-order valence-corrected chi connectivity index (χ3v) is 3.22. The lowest BCUT2D eigenvalue weighted by Gasteiger charge is -2.10. The third kappa shape index (κ3) is 1.78. The fraction of sp³-hybridized carbons (Fsp3) is 0.231. The van der Waals surface area contributed by atoms with E-state index in [1.54, 1.807) is 6.20 Å². The summed E-state index contributed by atoms with van der Waals surface area (Å²) >= 11 is 0. The van der Waals surface area contributed by atoms with E-state index in [-0.39, 0.29) is 11.9 Å². The minimum absolute atomic E-state index is 0.00246. The number of hydrogen-bond acceptors (Lipinski definition) is 3. The van der Waals surface area contributed by atoms with Gasteiger partial charge >= 0.3 is 0 Å². The average molecular weight is 242 g/mol. The van der Waals surface area contributed by atoms with Gasteiger partial charge in [-0.1, -0.05) is 18.2 Å². The molecule has 1 atom stereocenters. The van der Waals surface area contributed by atoms with Gasteiger partial charge in [-0.2, -0.15) is 5.10 Å². The predicted octanol–water partition coefficient (Wildman–Crippen LogP) is 1.50.